The van der Waals surface area contributed by atoms with Crippen LogP contribution in [0.25, 0.3) is 0 Å². The third-order valence-corrected chi connectivity index (χ3v) is 5.66. The molecule has 1 atom stereocenters. The van der Waals surface area contributed by atoms with Gasteiger partial charge < -0.3 is 5.32 Å². The van der Waals surface area contributed by atoms with Crippen molar-refractivity contribution in [2.24, 2.45) is 5.92 Å². The van der Waals surface area contributed by atoms with Gasteiger partial charge in [-0.2, -0.15) is 0 Å². The molecule has 1 unspecified atom stereocenters. The van der Waals surface area contributed by atoms with Crippen LogP contribution in [-0.4, -0.2) is 32.5 Å². The number of nitrogens with zero attached hydrogens (tertiary/aromatic N) is 1. The van der Waals surface area contributed by atoms with Gasteiger partial charge in [0, 0.05) is 12.1 Å². The predicted octanol–water partition coefficient (Wildman–Crippen LogP) is 1.92. The summed E-state index contributed by atoms with van der Waals surface area (Å²) in [4.78, 5) is 24.0. The minimum atomic E-state index is -3.61. The highest BCUT2D eigenvalue weighted by molar-refractivity contribution is 7.94. The Morgan fingerprint density at radius 3 is 2.43 bits per heavy atom. The molecule has 1 aliphatic heterocycles. The standard InChI is InChI=1S/C16H22N2O4S/c1-3-4-5-10-17-15(19)13-6-8-14(9-7-13)18-16(20)12(2)11-23(18,21)22/h6-9,12H,3-5,10-11H2,1-2H3,(H,17,19). The van der Waals surface area contributed by atoms with Crippen LogP contribution in [0.1, 0.15) is 43.5 Å². The average Bonchev–Trinajstić information content (AvgIpc) is 2.71. The Hall–Kier alpha value is -1.89. The first-order valence-electron chi connectivity index (χ1n) is 7.82. The van der Waals surface area contributed by atoms with Crippen molar-refractivity contribution in [2.45, 2.75) is 33.1 Å². The summed E-state index contributed by atoms with van der Waals surface area (Å²) in [7, 11) is -3.61. The van der Waals surface area contributed by atoms with E-state index in [4.69, 9.17) is 0 Å². The summed E-state index contributed by atoms with van der Waals surface area (Å²) in [6, 6.07) is 6.06. The number of rotatable bonds is 6. The molecular formula is C16H22N2O4S. The third-order valence-electron chi connectivity index (χ3n) is 3.79. The smallest absolute Gasteiger partial charge is 0.251 e. The number of unbranched alkanes of at least 4 members (excludes halogenated alkanes) is 2. The summed E-state index contributed by atoms with van der Waals surface area (Å²) in [5.74, 6) is -1.34. The summed E-state index contributed by atoms with van der Waals surface area (Å²) < 4.78 is 24.9. The van der Waals surface area contributed by atoms with Gasteiger partial charge in [-0.1, -0.05) is 26.7 Å². The van der Waals surface area contributed by atoms with Crippen molar-refractivity contribution >= 4 is 27.5 Å². The van der Waals surface area contributed by atoms with Crippen molar-refractivity contribution in [3.63, 3.8) is 0 Å². The van der Waals surface area contributed by atoms with Gasteiger partial charge in [-0.3, -0.25) is 9.59 Å². The van der Waals surface area contributed by atoms with Crippen molar-refractivity contribution in [1.29, 1.82) is 0 Å². The highest BCUT2D eigenvalue weighted by Crippen LogP contribution is 2.28. The van der Waals surface area contributed by atoms with Crippen LogP contribution in [0.4, 0.5) is 5.69 Å². The Morgan fingerprint density at radius 1 is 1.26 bits per heavy atom. The van der Waals surface area contributed by atoms with Crippen LogP contribution in [0.5, 0.6) is 0 Å². The predicted molar refractivity (Wildman–Crippen MR) is 88.7 cm³/mol. The van der Waals surface area contributed by atoms with E-state index in [1.165, 1.54) is 24.3 Å². The molecule has 0 bridgehead atoms. The lowest BCUT2D eigenvalue weighted by Gasteiger charge is -2.15. The molecule has 1 aliphatic rings. The average molecular weight is 338 g/mol. The number of carbonyl (C=O) groups is 2. The second kappa shape index (κ2) is 7.12. The van der Waals surface area contributed by atoms with Gasteiger partial charge in [0.2, 0.25) is 15.9 Å². The van der Waals surface area contributed by atoms with Crippen LogP contribution in [0.3, 0.4) is 0 Å². The van der Waals surface area contributed by atoms with Crippen LogP contribution in [0, 0.1) is 5.92 Å². The molecular weight excluding hydrogens is 316 g/mol. The fourth-order valence-corrected chi connectivity index (χ4v) is 4.33. The zero-order valence-electron chi connectivity index (χ0n) is 13.4. The van der Waals surface area contributed by atoms with E-state index < -0.39 is 21.8 Å². The van der Waals surface area contributed by atoms with E-state index in [1.54, 1.807) is 6.92 Å². The van der Waals surface area contributed by atoms with Gasteiger partial charge in [0.05, 0.1) is 17.4 Å². The lowest BCUT2D eigenvalue weighted by Crippen LogP contribution is -2.30. The van der Waals surface area contributed by atoms with E-state index >= 15 is 0 Å². The van der Waals surface area contributed by atoms with E-state index in [0.717, 1.165) is 23.6 Å². The summed E-state index contributed by atoms with van der Waals surface area (Å²) in [5, 5.41) is 2.82. The van der Waals surface area contributed by atoms with Crippen LogP contribution in [-0.2, 0) is 14.8 Å². The van der Waals surface area contributed by atoms with Gasteiger partial charge in [-0.05, 0) is 30.7 Å². The first-order valence-corrected chi connectivity index (χ1v) is 9.43. The summed E-state index contributed by atoms with van der Waals surface area (Å²) in [5.41, 5.74) is 0.726. The maximum atomic E-state index is 12.0. The molecule has 7 heteroatoms. The SMILES string of the molecule is CCCCCNC(=O)c1ccc(N2C(=O)C(C)CS2(=O)=O)cc1. The van der Waals surface area contributed by atoms with Crippen molar-refractivity contribution in [2.75, 3.05) is 16.6 Å². The Labute approximate surface area is 136 Å². The Morgan fingerprint density at radius 2 is 1.91 bits per heavy atom. The van der Waals surface area contributed by atoms with E-state index in [1.807, 2.05) is 0 Å². The molecule has 2 rings (SSSR count). The normalized spacial score (nSPS) is 19.8. The van der Waals surface area contributed by atoms with E-state index in [9.17, 15) is 18.0 Å². The molecule has 0 radical (unpaired) electrons. The highest BCUT2D eigenvalue weighted by atomic mass is 32.2. The van der Waals surface area contributed by atoms with Gasteiger partial charge in [0.25, 0.3) is 5.91 Å². The van der Waals surface area contributed by atoms with Crippen LogP contribution < -0.4 is 9.62 Å². The number of sulfonamides is 1. The summed E-state index contributed by atoms with van der Waals surface area (Å²) in [6.45, 7) is 4.30. The molecule has 0 aliphatic carbocycles. The fraction of sp³-hybridized carbons (Fsp3) is 0.500. The minimum Gasteiger partial charge on any atom is -0.352 e. The van der Waals surface area contributed by atoms with Gasteiger partial charge in [-0.15, -0.1) is 0 Å². The monoisotopic (exact) mass is 338 g/mol. The topological polar surface area (TPSA) is 83.6 Å². The molecule has 126 valence electrons. The summed E-state index contributed by atoms with van der Waals surface area (Å²) in [6.07, 6.45) is 3.08. The number of amides is 2. The number of carbonyl (C=O) groups excluding carboxylic acids is 2. The van der Waals surface area contributed by atoms with E-state index in [-0.39, 0.29) is 17.3 Å². The first-order chi connectivity index (χ1) is 10.9. The lowest BCUT2D eigenvalue weighted by atomic mass is 10.1. The van der Waals surface area contributed by atoms with Gasteiger partial charge in [0.15, 0.2) is 0 Å². The molecule has 6 nitrogen and oxygen atoms in total. The largest absolute Gasteiger partial charge is 0.352 e. The van der Waals surface area contributed by atoms with Gasteiger partial charge in [0.1, 0.15) is 0 Å². The first kappa shape index (κ1) is 17.5. The van der Waals surface area contributed by atoms with E-state index in [2.05, 4.69) is 12.2 Å². The highest BCUT2D eigenvalue weighted by Gasteiger charge is 2.41. The second-order valence-corrected chi connectivity index (χ2v) is 7.65. The molecule has 0 saturated carbocycles. The fourth-order valence-electron chi connectivity index (χ4n) is 2.51. The molecule has 1 saturated heterocycles. The van der Waals surface area contributed by atoms with Crippen molar-refractivity contribution < 1.29 is 18.0 Å². The van der Waals surface area contributed by atoms with Crippen molar-refractivity contribution in [1.82, 2.24) is 5.32 Å². The van der Waals surface area contributed by atoms with Crippen molar-refractivity contribution in [3.05, 3.63) is 29.8 Å². The second-order valence-electron chi connectivity index (χ2n) is 5.79. The number of hydrogen-bond donors (Lipinski definition) is 1. The van der Waals surface area contributed by atoms with Crippen LogP contribution in [0.2, 0.25) is 0 Å². The molecule has 0 spiro atoms. The van der Waals surface area contributed by atoms with Crippen molar-refractivity contribution in [3.8, 4) is 0 Å². The zero-order valence-corrected chi connectivity index (χ0v) is 14.2. The summed E-state index contributed by atoms with van der Waals surface area (Å²) >= 11 is 0. The molecule has 1 heterocycles. The quantitative estimate of drug-likeness (QED) is 0.803. The minimum absolute atomic E-state index is 0.175. The zero-order chi connectivity index (χ0) is 17.0. The molecule has 1 fully saturated rings. The molecule has 0 aromatic heterocycles. The molecule has 1 N–H and O–H groups in total. The Balaban J connectivity index is 2.08. The van der Waals surface area contributed by atoms with Crippen LogP contribution in [0.15, 0.2) is 24.3 Å². The number of hydrogen-bond acceptors (Lipinski definition) is 4. The number of benzene rings is 1. The maximum Gasteiger partial charge on any atom is 0.251 e. The van der Waals surface area contributed by atoms with Crippen LogP contribution >= 0.6 is 0 Å². The van der Waals surface area contributed by atoms with Gasteiger partial charge >= 0.3 is 0 Å². The molecule has 1 aromatic carbocycles. The maximum absolute atomic E-state index is 12.0. The Bertz CT molecular complexity index is 683. The molecule has 2 amide bonds. The van der Waals surface area contributed by atoms with E-state index in [0.29, 0.717) is 12.1 Å². The Kier molecular flexibility index (Phi) is 5.41. The molecule has 23 heavy (non-hydrogen) atoms. The van der Waals surface area contributed by atoms with Gasteiger partial charge in [-0.25, -0.2) is 12.7 Å². The molecule has 1 aromatic rings. The third kappa shape index (κ3) is 3.90. The lowest BCUT2D eigenvalue weighted by molar-refractivity contribution is -0.119. The number of nitrogens with one attached hydrogen (secondary N) is 1. The number of anilines is 1.